The molecule has 116 valence electrons. The molecule has 0 aliphatic carbocycles. The summed E-state index contributed by atoms with van der Waals surface area (Å²) < 4.78 is 5.50. The highest BCUT2D eigenvalue weighted by Gasteiger charge is 2.23. The van der Waals surface area contributed by atoms with Gasteiger partial charge in [-0.25, -0.2) is 4.79 Å². The van der Waals surface area contributed by atoms with Crippen molar-refractivity contribution >= 4 is 23.5 Å². The minimum atomic E-state index is -1.07. The van der Waals surface area contributed by atoms with Crippen LogP contribution in [0.3, 0.4) is 0 Å². The zero-order valence-electron chi connectivity index (χ0n) is 12.6. The zero-order chi connectivity index (χ0) is 16.2. The molecule has 0 spiro atoms. The van der Waals surface area contributed by atoms with Gasteiger partial charge in [0.1, 0.15) is 5.75 Å². The third kappa shape index (κ3) is 4.93. The van der Waals surface area contributed by atoms with Gasteiger partial charge in [-0.15, -0.1) is 0 Å². The predicted octanol–water partition coefficient (Wildman–Crippen LogP) is 3.11. The Kier molecular flexibility index (Phi) is 5.61. The highest BCUT2D eigenvalue weighted by molar-refractivity contribution is 6.32. The second-order valence-corrected chi connectivity index (χ2v) is 5.84. The van der Waals surface area contributed by atoms with Crippen LogP contribution >= 0.6 is 11.6 Å². The summed E-state index contributed by atoms with van der Waals surface area (Å²) in [6.45, 7) is 7.44. The van der Waals surface area contributed by atoms with Crippen molar-refractivity contribution in [2.45, 2.75) is 45.8 Å². The quantitative estimate of drug-likeness (QED) is 0.846. The molecule has 6 heteroatoms. The highest BCUT2D eigenvalue weighted by Crippen LogP contribution is 2.26. The first-order valence-electron chi connectivity index (χ1n) is 6.68. The molecule has 5 nitrogen and oxygen atoms in total. The van der Waals surface area contributed by atoms with Crippen LogP contribution < -0.4 is 10.1 Å². The molecule has 1 unspecified atom stereocenters. The maximum atomic E-state index is 12.0. The predicted molar refractivity (Wildman–Crippen MR) is 81.0 cm³/mol. The summed E-state index contributed by atoms with van der Waals surface area (Å²) in [5.74, 6) is -1.04. The number of amides is 1. The van der Waals surface area contributed by atoms with Crippen molar-refractivity contribution in [1.82, 2.24) is 5.32 Å². The summed E-state index contributed by atoms with van der Waals surface area (Å²) in [5.41, 5.74) is -0.248. The number of carboxylic acid groups (broad SMARTS) is 1. The number of hydrogen-bond acceptors (Lipinski definition) is 3. The van der Waals surface area contributed by atoms with Crippen molar-refractivity contribution in [1.29, 1.82) is 0 Å². The molecule has 0 saturated carbocycles. The number of hydrogen-bond donors (Lipinski definition) is 2. The van der Waals surface area contributed by atoms with Gasteiger partial charge in [0, 0.05) is 5.54 Å². The van der Waals surface area contributed by atoms with Gasteiger partial charge in [0.15, 0.2) is 6.10 Å². The minimum Gasteiger partial charge on any atom is -0.479 e. The third-order valence-electron chi connectivity index (χ3n) is 3.20. The second kappa shape index (κ2) is 6.80. The molecule has 0 heterocycles. The van der Waals surface area contributed by atoms with Crippen LogP contribution in [0, 0.1) is 0 Å². The van der Waals surface area contributed by atoms with Gasteiger partial charge in [0.25, 0.3) is 5.91 Å². The van der Waals surface area contributed by atoms with E-state index in [9.17, 15) is 9.59 Å². The lowest BCUT2D eigenvalue weighted by Crippen LogP contribution is -2.48. The normalized spacial score (nSPS) is 12.6. The number of halogens is 1. The third-order valence-corrected chi connectivity index (χ3v) is 3.49. The van der Waals surface area contributed by atoms with E-state index in [1.54, 1.807) is 6.92 Å². The monoisotopic (exact) mass is 313 g/mol. The molecule has 1 aromatic carbocycles. The number of ether oxygens (including phenoxy) is 1. The fraction of sp³-hybridized carbons (Fsp3) is 0.467. The van der Waals surface area contributed by atoms with Crippen LogP contribution in [0.4, 0.5) is 0 Å². The maximum absolute atomic E-state index is 12.0. The largest absolute Gasteiger partial charge is 0.479 e. The number of rotatable bonds is 6. The van der Waals surface area contributed by atoms with Gasteiger partial charge in [-0.1, -0.05) is 18.5 Å². The summed E-state index contributed by atoms with van der Waals surface area (Å²) in [4.78, 5) is 22.9. The first kappa shape index (κ1) is 17.3. The molecule has 0 aliphatic rings. The van der Waals surface area contributed by atoms with Crippen molar-refractivity contribution in [2.24, 2.45) is 0 Å². The van der Waals surface area contributed by atoms with E-state index in [4.69, 9.17) is 21.4 Å². The molecule has 1 aromatic rings. The van der Waals surface area contributed by atoms with Crippen LogP contribution in [0.15, 0.2) is 18.2 Å². The van der Waals surface area contributed by atoms with Crippen molar-refractivity contribution < 1.29 is 19.4 Å². The zero-order valence-corrected chi connectivity index (χ0v) is 13.3. The van der Waals surface area contributed by atoms with Crippen LogP contribution in [0.2, 0.25) is 5.02 Å². The van der Waals surface area contributed by atoms with Gasteiger partial charge in [-0.05, 0) is 45.4 Å². The molecule has 2 N–H and O–H groups in total. The van der Waals surface area contributed by atoms with E-state index in [2.05, 4.69) is 5.32 Å². The van der Waals surface area contributed by atoms with Crippen LogP contribution in [-0.4, -0.2) is 28.6 Å². The Labute approximate surface area is 129 Å². The molecule has 0 radical (unpaired) electrons. The van der Waals surface area contributed by atoms with Gasteiger partial charge < -0.3 is 15.2 Å². The van der Waals surface area contributed by atoms with E-state index >= 15 is 0 Å². The Balaban J connectivity index is 2.77. The van der Waals surface area contributed by atoms with Gasteiger partial charge in [-0.2, -0.15) is 0 Å². The van der Waals surface area contributed by atoms with Crippen LogP contribution in [0.25, 0.3) is 0 Å². The van der Waals surface area contributed by atoms with E-state index in [1.807, 2.05) is 20.8 Å². The van der Waals surface area contributed by atoms with Crippen LogP contribution in [-0.2, 0) is 4.79 Å². The molecular formula is C15H20ClNO4. The number of aromatic carboxylic acids is 1. The Morgan fingerprint density at radius 3 is 2.52 bits per heavy atom. The Hall–Kier alpha value is -1.75. The topological polar surface area (TPSA) is 75.6 Å². The van der Waals surface area contributed by atoms with Gasteiger partial charge >= 0.3 is 5.97 Å². The fourth-order valence-corrected chi connectivity index (χ4v) is 1.72. The fourth-order valence-electron chi connectivity index (χ4n) is 1.50. The molecule has 0 bridgehead atoms. The lowest BCUT2D eigenvalue weighted by molar-refractivity contribution is -0.128. The van der Waals surface area contributed by atoms with Gasteiger partial charge in [0.2, 0.25) is 0 Å². The molecule has 0 fully saturated rings. The summed E-state index contributed by atoms with van der Waals surface area (Å²) in [6, 6.07) is 4.12. The summed E-state index contributed by atoms with van der Waals surface area (Å²) in [6.07, 6.45) is 0.0588. The van der Waals surface area contributed by atoms with E-state index in [1.165, 1.54) is 18.2 Å². The first-order valence-corrected chi connectivity index (χ1v) is 7.05. The van der Waals surface area contributed by atoms with Crippen LogP contribution in [0.5, 0.6) is 5.75 Å². The lowest BCUT2D eigenvalue weighted by Gasteiger charge is -2.26. The van der Waals surface area contributed by atoms with Crippen molar-refractivity contribution in [3.8, 4) is 5.75 Å². The maximum Gasteiger partial charge on any atom is 0.335 e. The molecule has 1 atom stereocenters. The van der Waals surface area contributed by atoms with Crippen molar-refractivity contribution in [3.63, 3.8) is 0 Å². The number of carboxylic acids is 1. The summed E-state index contributed by atoms with van der Waals surface area (Å²) >= 11 is 5.96. The molecule has 0 aliphatic heterocycles. The molecule has 21 heavy (non-hydrogen) atoms. The van der Waals surface area contributed by atoms with E-state index < -0.39 is 12.1 Å². The van der Waals surface area contributed by atoms with Crippen molar-refractivity contribution in [2.75, 3.05) is 0 Å². The molecule has 0 aromatic heterocycles. The second-order valence-electron chi connectivity index (χ2n) is 5.44. The SMILES string of the molecule is CCC(C)(C)NC(=O)C(C)Oc1ccc(C(=O)O)cc1Cl. The Morgan fingerprint density at radius 2 is 2.05 bits per heavy atom. The molecule has 0 saturated heterocycles. The highest BCUT2D eigenvalue weighted by atomic mass is 35.5. The van der Waals surface area contributed by atoms with Gasteiger partial charge in [-0.3, -0.25) is 4.79 Å². The van der Waals surface area contributed by atoms with E-state index in [0.29, 0.717) is 0 Å². The summed E-state index contributed by atoms with van der Waals surface area (Å²) in [5, 5.41) is 11.9. The first-order chi connectivity index (χ1) is 9.66. The number of nitrogens with one attached hydrogen (secondary N) is 1. The smallest absolute Gasteiger partial charge is 0.335 e. The summed E-state index contributed by atoms with van der Waals surface area (Å²) in [7, 11) is 0. The number of carbonyl (C=O) groups is 2. The Morgan fingerprint density at radius 1 is 1.43 bits per heavy atom. The van der Waals surface area contributed by atoms with Gasteiger partial charge in [0.05, 0.1) is 10.6 Å². The number of benzene rings is 1. The van der Waals surface area contributed by atoms with E-state index in [0.717, 1.165) is 6.42 Å². The minimum absolute atomic E-state index is 0.0663. The average molecular weight is 314 g/mol. The molecular weight excluding hydrogens is 294 g/mol. The standard InChI is InChI=1S/C15H20ClNO4/c1-5-15(3,4)17-13(18)9(2)21-12-7-6-10(14(19)20)8-11(12)16/h6-9H,5H2,1-4H3,(H,17,18)(H,19,20). The lowest BCUT2D eigenvalue weighted by atomic mass is 10.0. The van der Waals surface area contributed by atoms with Crippen LogP contribution in [0.1, 0.15) is 44.5 Å². The van der Waals surface area contributed by atoms with Crippen molar-refractivity contribution in [3.05, 3.63) is 28.8 Å². The average Bonchev–Trinajstić information content (AvgIpc) is 2.40. The van der Waals surface area contributed by atoms with E-state index in [-0.39, 0.29) is 27.8 Å². The number of carbonyl (C=O) groups excluding carboxylic acids is 1. The Bertz CT molecular complexity index is 542. The molecule has 1 rings (SSSR count). The molecule has 1 amide bonds.